The van der Waals surface area contributed by atoms with Crippen LogP contribution in [0.15, 0.2) is 55.0 Å². The van der Waals surface area contributed by atoms with Gasteiger partial charge in [-0.3, -0.25) is 4.79 Å². The molecule has 26 heavy (non-hydrogen) atoms. The number of nitrogens with zero attached hydrogens (tertiary/aromatic N) is 3. The molecule has 0 aliphatic rings. The first-order chi connectivity index (χ1) is 12.6. The zero-order valence-corrected chi connectivity index (χ0v) is 14.6. The van der Waals surface area contributed by atoms with Crippen LogP contribution in [0.3, 0.4) is 0 Å². The van der Waals surface area contributed by atoms with Crippen molar-refractivity contribution in [2.75, 3.05) is 7.11 Å². The lowest BCUT2D eigenvalue weighted by molar-refractivity contribution is 0.0950. The van der Waals surface area contributed by atoms with Gasteiger partial charge in [0.2, 0.25) is 0 Å². The molecule has 0 saturated carbocycles. The molecule has 0 aliphatic heterocycles. The van der Waals surface area contributed by atoms with Crippen LogP contribution in [0.1, 0.15) is 27.2 Å². The van der Waals surface area contributed by atoms with Crippen molar-refractivity contribution < 1.29 is 9.53 Å². The van der Waals surface area contributed by atoms with Gasteiger partial charge in [0.1, 0.15) is 5.75 Å². The van der Waals surface area contributed by atoms with Gasteiger partial charge in [0, 0.05) is 18.3 Å². The van der Waals surface area contributed by atoms with Gasteiger partial charge in [0.25, 0.3) is 5.91 Å². The molecule has 0 aliphatic carbocycles. The molecule has 6 nitrogen and oxygen atoms in total. The number of carbonyl (C=O) groups excluding carboxylic acids is 1. The third kappa shape index (κ3) is 3.73. The Morgan fingerprint density at radius 2 is 2.04 bits per heavy atom. The Bertz CT molecular complexity index is 968. The number of hydrogen-bond acceptors (Lipinski definition) is 4. The Balaban J connectivity index is 1.74. The molecule has 130 valence electrons. The standard InChI is InChI=1S/C20H18N4O2/c1-14-12-24(13-23-14)18-8-7-17(9-19(18)26-2)20(25)22-11-16-5-3-15(10-21)4-6-16/h3-9,12-13H,11H2,1-2H3,(H,22,25). The highest BCUT2D eigenvalue weighted by atomic mass is 16.5. The van der Waals surface area contributed by atoms with Crippen LogP contribution in [0.25, 0.3) is 5.69 Å². The molecule has 1 amide bonds. The van der Waals surface area contributed by atoms with E-state index in [0.717, 1.165) is 16.9 Å². The molecule has 1 heterocycles. The summed E-state index contributed by atoms with van der Waals surface area (Å²) in [4.78, 5) is 16.6. The van der Waals surface area contributed by atoms with E-state index in [2.05, 4.69) is 16.4 Å². The molecule has 0 unspecified atom stereocenters. The first-order valence-electron chi connectivity index (χ1n) is 8.07. The van der Waals surface area contributed by atoms with Crippen LogP contribution in [0.5, 0.6) is 5.75 Å². The first kappa shape index (κ1) is 17.2. The van der Waals surface area contributed by atoms with Crippen LogP contribution in [0.2, 0.25) is 0 Å². The fourth-order valence-electron chi connectivity index (χ4n) is 2.57. The predicted octanol–water partition coefficient (Wildman–Crippen LogP) is 2.99. The molecule has 0 fully saturated rings. The van der Waals surface area contributed by atoms with Gasteiger partial charge in [-0.15, -0.1) is 0 Å². The number of amides is 1. The lowest BCUT2D eigenvalue weighted by Gasteiger charge is -2.11. The first-order valence-corrected chi connectivity index (χ1v) is 8.07. The highest BCUT2D eigenvalue weighted by Crippen LogP contribution is 2.24. The number of aromatic nitrogens is 2. The average molecular weight is 346 g/mol. The number of methoxy groups -OCH3 is 1. The Hall–Kier alpha value is -3.59. The van der Waals surface area contributed by atoms with E-state index in [1.807, 2.05) is 35.9 Å². The number of nitriles is 1. The fraction of sp³-hybridized carbons (Fsp3) is 0.150. The topological polar surface area (TPSA) is 79.9 Å². The van der Waals surface area contributed by atoms with Gasteiger partial charge in [-0.1, -0.05) is 12.1 Å². The number of imidazole rings is 1. The van der Waals surface area contributed by atoms with E-state index in [1.165, 1.54) is 0 Å². The fourth-order valence-corrected chi connectivity index (χ4v) is 2.57. The van der Waals surface area contributed by atoms with Gasteiger partial charge < -0.3 is 14.6 Å². The van der Waals surface area contributed by atoms with Crippen molar-refractivity contribution in [1.82, 2.24) is 14.9 Å². The molecular weight excluding hydrogens is 328 g/mol. The maximum atomic E-state index is 12.4. The summed E-state index contributed by atoms with van der Waals surface area (Å²) >= 11 is 0. The Kier molecular flexibility index (Phi) is 4.99. The smallest absolute Gasteiger partial charge is 0.251 e. The van der Waals surface area contributed by atoms with Gasteiger partial charge in [-0.25, -0.2) is 4.98 Å². The number of hydrogen-bond donors (Lipinski definition) is 1. The van der Waals surface area contributed by atoms with Crippen molar-refractivity contribution in [2.45, 2.75) is 13.5 Å². The van der Waals surface area contributed by atoms with Crippen LogP contribution in [-0.4, -0.2) is 22.6 Å². The lowest BCUT2D eigenvalue weighted by atomic mass is 10.1. The predicted molar refractivity (Wildman–Crippen MR) is 97.2 cm³/mol. The molecule has 0 saturated heterocycles. The lowest BCUT2D eigenvalue weighted by Crippen LogP contribution is -2.22. The maximum absolute atomic E-state index is 12.4. The summed E-state index contributed by atoms with van der Waals surface area (Å²) in [6, 6.07) is 14.5. The number of aryl methyl sites for hydroxylation is 1. The third-order valence-corrected chi connectivity index (χ3v) is 3.97. The Morgan fingerprint density at radius 3 is 2.65 bits per heavy atom. The second-order valence-electron chi connectivity index (χ2n) is 5.80. The summed E-state index contributed by atoms with van der Waals surface area (Å²) in [5.41, 5.74) is 3.74. The largest absolute Gasteiger partial charge is 0.495 e. The normalized spacial score (nSPS) is 10.2. The molecule has 3 rings (SSSR count). The molecule has 6 heteroatoms. The zero-order chi connectivity index (χ0) is 18.5. The quantitative estimate of drug-likeness (QED) is 0.770. The van der Waals surface area contributed by atoms with E-state index in [-0.39, 0.29) is 5.91 Å². The van der Waals surface area contributed by atoms with Crippen LogP contribution in [0, 0.1) is 18.3 Å². The van der Waals surface area contributed by atoms with Gasteiger partial charge in [-0.05, 0) is 42.8 Å². The van der Waals surface area contributed by atoms with Gasteiger partial charge in [-0.2, -0.15) is 5.26 Å². The highest BCUT2D eigenvalue weighted by Gasteiger charge is 2.12. The monoisotopic (exact) mass is 346 g/mol. The van der Waals surface area contributed by atoms with E-state index in [9.17, 15) is 4.79 Å². The minimum absolute atomic E-state index is 0.193. The van der Waals surface area contributed by atoms with E-state index in [4.69, 9.17) is 10.00 Å². The molecule has 1 N–H and O–H groups in total. The molecule has 1 aromatic heterocycles. The Labute approximate surface area is 151 Å². The van der Waals surface area contributed by atoms with Crippen LogP contribution < -0.4 is 10.1 Å². The van der Waals surface area contributed by atoms with Crippen molar-refractivity contribution in [2.24, 2.45) is 0 Å². The van der Waals surface area contributed by atoms with Gasteiger partial charge in [0.05, 0.1) is 36.5 Å². The van der Waals surface area contributed by atoms with Crippen molar-refractivity contribution in [3.8, 4) is 17.5 Å². The number of benzene rings is 2. The maximum Gasteiger partial charge on any atom is 0.251 e. The summed E-state index contributed by atoms with van der Waals surface area (Å²) < 4.78 is 7.28. The minimum atomic E-state index is -0.193. The number of nitrogens with one attached hydrogen (secondary N) is 1. The molecular formula is C20H18N4O2. The van der Waals surface area contributed by atoms with Crippen molar-refractivity contribution in [3.05, 3.63) is 77.4 Å². The minimum Gasteiger partial charge on any atom is -0.495 e. The molecule has 0 spiro atoms. The number of ether oxygens (including phenoxy) is 1. The van der Waals surface area contributed by atoms with Gasteiger partial charge in [0.15, 0.2) is 0 Å². The molecule has 0 bridgehead atoms. The van der Waals surface area contributed by atoms with Gasteiger partial charge >= 0.3 is 0 Å². The van der Waals surface area contributed by atoms with E-state index in [1.54, 1.807) is 37.7 Å². The van der Waals surface area contributed by atoms with Crippen LogP contribution >= 0.6 is 0 Å². The van der Waals surface area contributed by atoms with E-state index >= 15 is 0 Å². The summed E-state index contributed by atoms with van der Waals surface area (Å²) in [6.07, 6.45) is 3.60. The molecule has 0 atom stereocenters. The van der Waals surface area contributed by atoms with Crippen LogP contribution in [0.4, 0.5) is 0 Å². The van der Waals surface area contributed by atoms with Crippen molar-refractivity contribution in [1.29, 1.82) is 5.26 Å². The average Bonchev–Trinajstić information content (AvgIpc) is 3.12. The number of rotatable bonds is 5. The third-order valence-electron chi connectivity index (χ3n) is 3.97. The highest BCUT2D eigenvalue weighted by molar-refractivity contribution is 5.95. The second-order valence-corrected chi connectivity index (χ2v) is 5.80. The zero-order valence-electron chi connectivity index (χ0n) is 14.6. The van der Waals surface area contributed by atoms with Crippen molar-refractivity contribution in [3.63, 3.8) is 0 Å². The summed E-state index contributed by atoms with van der Waals surface area (Å²) in [7, 11) is 1.57. The van der Waals surface area contributed by atoms with E-state index in [0.29, 0.717) is 23.4 Å². The molecule has 2 aromatic carbocycles. The summed E-state index contributed by atoms with van der Waals surface area (Å²) in [5, 5.41) is 11.7. The van der Waals surface area contributed by atoms with E-state index < -0.39 is 0 Å². The summed E-state index contributed by atoms with van der Waals surface area (Å²) in [5.74, 6) is 0.398. The summed E-state index contributed by atoms with van der Waals surface area (Å²) in [6.45, 7) is 2.29. The van der Waals surface area contributed by atoms with Crippen LogP contribution in [-0.2, 0) is 6.54 Å². The van der Waals surface area contributed by atoms with Crippen molar-refractivity contribution >= 4 is 5.91 Å². The molecule has 0 radical (unpaired) electrons. The SMILES string of the molecule is COc1cc(C(=O)NCc2ccc(C#N)cc2)ccc1-n1cnc(C)c1. The molecule has 3 aromatic rings. The second kappa shape index (κ2) is 7.53. The Morgan fingerprint density at radius 1 is 1.27 bits per heavy atom. The number of carbonyl (C=O) groups is 1.